The maximum absolute atomic E-state index is 12.3. The summed E-state index contributed by atoms with van der Waals surface area (Å²) in [5.74, 6) is 2.31. The van der Waals surface area contributed by atoms with Crippen LogP contribution in [0.25, 0.3) is 17.0 Å². The van der Waals surface area contributed by atoms with Gasteiger partial charge in [0.25, 0.3) is 0 Å². The minimum atomic E-state index is -0.101. The Balaban J connectivity index is 1.55. The molecule has 0 aliphatic carbocycles. The van der Waals surface area contributed by atoms with Crippen molar-refractivity contribution in [2.75, 3.05) is 12.8 Å². The molecule has 160 valence electrons. The molecule has 0 bridgehead atoms. The van der Waals surface area contributed by atoms with E-state index in [-0.39, 0.29) is 5.91 Å². The number of nitrogens with one attached hydrogen (secondary N) is 1. The number of para-hydroxylation sites is 1. The lowest BCUT2D eigenvalue weighted by atomic mass is 10.1. The van der Waals surface area contributed by atoms with Crippen molar-refractivity contribution in [3.8, 4) is 0 Å². The summed E-state index contributed by atoms with van der Waals surface area (Å²) in [7, 11) is 0. The van der Waals surface area contributed by atoms with Crippen LogP contribution in [0.3, 0.4) is 0 Å². The number of hydrogen-bond acceptors (Lipinski definition) is 5. The van der Waals surface area contributed by atoms with Crippen molar-refractivity contribution in [1.29, 1.82) is 0 Å². The molecule has 1 amide bonds. The topological polar surface area (TPSA) is 73.0 Å². The fraction of sp³-hybridized carbons (Fsp3) is 0.435. The lowest BCUT2D eigenvalue weighted by Crippen LogP contribution is -2.23. The molecule has 6 nitrogen and oxygen atoms in total. The van der Waals surface area contributed by atoms with Gasteiger partial charge < -0.3 is 14.3 Å². The molecule has 0 saturated carbocycles. The standard InChI is InChI=1S/C23H30N4O2S/c1-5-19-18(17-9-6-7-10-20(17)29-19)12-13-22(28)24-14-8-11-21-25-26-23(30-4)27(21)15-16(2)3/h6-7,9-10,12-13,16H,5,8,11,14-15H2,1-4H3,(H,24,28). The van der Waals surface area contributed by atoms with Gasteiger partial charge in [-0.2, -0.15) is 0 Å². The van der Waals surface area contributed by atoms with Crippen molar-refractivity contribution in [2.24, 2.45) is 5.92 Å². The molecule has 0 saturated heterocycles. The van der Waals surface area contributed by atoms with Crippen molar-refractivity contribution < 1.29 is 9.21 Å². The minimum absolute atomic E-state index is 0.101. The second kappa shape index (κ2) is 10.5. The predicted molar refractivity (Wildman–Crippen MR) is 123 cm³/mol. The van der Waals surface area contributed by atoms with Gasteiger partial charge in [-0.1, -0.05) is 50.7 Å². The van der Waals surface area contributed by atoms with Crippen LogP contribution in [0.15, 0.2) is 39.9 Å². The molecule has 0 fully saturated rings. The first-order chi connectivity index (χ1) is 14.5. The van der Waals surface area contributed by atoms with Gasteiger partial charge >= 0.3 is 0 Å². The average Bonchev–Trinajstić information content (AvgIpc) is 3.29. The van der Waals surface area contributed by atoms with Crippen LogP contribution in [0.5, 0.6) is 0 Å². The first-order valence-electron chi connectivity index (χ1n) is 10.5. The third kappa shape index (κ3) is 5.33. The Morgan fingerprint density at radius 1 is 1.30 bits per heavy atom. The SMILES string of the molecule is CCc1oc2ccccc2c1C=CC(=O)NCCCc1nnc(SC)n1CC(C)C. The number of fused-ring (bicyclic) bond motifs is 1. The van der Waals surface area contributed by atoms with Crippen LogP contribution >= 0.6 is 11.8 Å². The van der Waals surface area contributed by atoms with E-state index < -0.39 is 0 Å². The van der Waals surface area contributed by atoms with Crippen molar-refractivity contribution in [3.63, 3.8) is 0 Å². The molecule has 1 N–H and O–H groups in total. The summed E-state index contributed by atoms with van der Waals surface area (Å²) >= 11 is 1.61. The summed E-state index contributed by atoms with van der Waals surface area (Å²) < 4.78 is 8.07. The van der Waals surface area contributed by atoms with Crippen LogP contribution in [-0.2, 0) is 24.2 Å². The number of aryl methyl sites for hydroxylation is 2. The lowest BCUT2D eigenvalue weighted by molar-refractivity contribution is -0.116. The number of aromatic nitrogens is 3. The van der Waals surface area contributed by atoms with E-state index in [0.29, 0.717) is 12.5 Å². The largest absolute Gasteiger partial charge is 0.460 e. The Labute approximate surface area is 182 Å². The molecule has 0 spiro atoms. The summed E-state index contributed by atoms with van der Waals surface area (Å²) in [5.41, 5.74) is 1.83. The fourth-order valence-electron chi connectivity index (χ4n) is 3.44. The molecular weight excluding hydrogens is 396 g/mol. The van der Waals surface area contributed by atoms with E-state index in [0.717, 1.165) is 59.1 Å². The van der Waals surface area contributed by atoms with Crippen LogP contribution in [0.2, 0.25) is 0 Å². The summed E-state index contributed by atoms with van der Waals surface area (Å²) in [4.78, 5) is 12.3. The van der Waals surface area contributed by atoms with Gasteiger partial charge in [-0.05, 0) is 30.7 Å². The van der Waals surface area contributed by atoms with Gasteiger partial charge in [-0.3, -0.25) is 4.79 Å². The molecule has 7 heteroatoms. The third-order valence-electron chi connectivity index (χ3n) is 4.83. The van der Waals surface area contributed by atoms with E-state index in [2.05, 4.69) is 40.9 Å². The molecular formula is C23H30N4O2S. The summed E-state index contributed by atoms with van der Waals surface area (Å²) in [6, 6.07) is 7.91. The van der Waals surface area contributed by atoms with Crippen LogP contribution < -0.4 is 5.32 Å². The number of benzene rings is 1. The average molecular weight is 427 g/mol. The number of nitrogens with zero attached hydrogens (tertiary/aromatic N) is 3. The van der Waals surface area contributed by atoms with Crippen LogP contribution in [0, 0.1) is 5.92 Å². The normalized spacial score (nSPS) is 11.8. The molecule has 2 aromatic heterocycles. The van der Waals surface area contributed by atoms with Gasteiger partial charge in [0.15, 0.2) is 5.16 Å². The highest BCUT2D eigenvalue weighted by atomic mass is 32.2. The molecule has 3 rings (SSSR count). The van der Waals surface area contributed by atoms with Crippen molar-refractivity contribution in [3.05, 3.63) is 47.5 Å². The third-order valence-corrected chi connectivity index (χ3v) is 5.50. The van der Waals surface area contributed by atoms with Crippen LogP contribution in [-0.4, -0.2) is 33.5 Å². The first kappa shape index (κ1) is 22.2. The number of thioether (sulfide) groups is 1. The second-order valence-electron chi connectivity index (χ2n) is 7.62. The molecule has 2 heterocycles. The minimum Gasteiger partial charge on any atom is -0.460 e. The molecule has 0 unspecified atom stereocenters. The Bertz CT molecular complexity index is 1020. The molecule has 0 radical (unpaired) electrons. The fourth-order valence-corrected chi connectivity index (χ4v) is 3.96. The van der Waals surface area contributed by atoms with E-state index in [9.17, 15) is 4.79 Å². The van der Waals surface area contributed by atoms with E-state index >= 15 is 0 Å². The van der Waals surface area contributed by atoms with Crippen molar-refractivity contribution >= 4 is 34.7 Å². The molecule has 0 aliphatic rings. The quantitative estimate of drug-likeness (QED) is 0.288. The Kier molecular flexibility index (Phi) is 7.74. The zero-order chi connectivity index (χ0) is 21.5. The number of carbonyl (C=O) groups is 1. The number of furan rings is 1. The smallest absolute Gasteiger partial charge is 0.244 e. The summed E-state index contributed by atoms with van der Waals surface area (Å²) in [6.45, 7) is 7.93. The van der Waals surface area contributed by atoms with Gasteiger partial charge in [0.2, 0.25) is 5.91 Å². The maximum atomic E-state index is 12.3. The van der Waals surface area contributed by atoms with Gasteiger partial charge in [-0.25, -0.2) is 0 Å². The highest BCUT2D eigenvalue weighted by Crippen LogP contribution is 2.27. The molecule has 3 aromatic rings. The molecule has 0 aliphatic heterocycles. The zero-order valence-corrected chi connectivity index (χ0v) is 19.0. The number of rotatable bonds is 10. The number of hydrogen-bond donors (Lipinski definition) is 1. The van der Waals surface area contributed by atoms with E-state index in [1.54, 1.807) is 17.8 Å². The molecule has 30 heavy (non-hydrogen) atoms. The van der Waals surface area contributed by atoms with E-state index in [1.165, 1.54) is 0 Å². The first-order valence-corrected chi connectivity index (χ1v) is 11.7. The highest BCUT2D eigenvalue weighted by molar-refractivity contribution is 7.98. The number of amides is 1. The van der Waals surface area contributed by atoms with Crippen molar-refractivity contribution in [2.45, 2.75) is 51.7 Å². The number of carbonyl (C=O) groups excluding carboxylic acids is 1. The monoisotopic (exact) mass is 426 g/mol. The van der Waals surface area contributed by atoms with Gasteiger partial charge in [0.1, 0.15) is 17.2 Å². The second-order valence-corrected chi connectivity index (χ2v) is 8.40. The van der Waals surface area contributed by atoms with Crippen molar-refractivity contribution in [1.82, 2.24) is 20.1 Å². The van der Waals surface area contributed by atoms with Crippen LogP contribution in [0.4, 0.5) is 0 Å². The molecule has 1 aromatic carbocycles. The summed E-state index contributed by atoms with van der Waals surface area (Å²) in [6.07, 6.45) is 7.85. The molecule has 0 atom stereocenters. The highest BCUT2D eigenvalue weighted by Gasteiger charge is 2.13. The van der Waals surface area contributed by atoms with Crippen LogP contribution in [0.1, 0.15) is 44.3 Å². The van der Waals surface area contributed by atoms with Gasteiger partial charge in [-0.15, -0.1) is 10.2 Å². The Morgan fingerprint density at radius 2 is 2.10 bits per heavy atom. The summed E-state index contributed by atoms with van der Waals surface area (Å²) in [5, 5.41) is 13.5. The maximum Gasteiger partial charge on any atom is 0.244 e. The van der Waals surface area contributed by atoms with E-state index in [1.807, 2.05) is 36.6 Å². The van der Waals surface area contributed by atoms with Gasteiger partial charge in [0, 0.05) is 43.0 Å². The van der Waals surface area contributed by atoms with E-state index in [4.69, 9.17) is 4.42 Å². The zero-order valence-electron chi connectivity index (χ0n) is 18.1. The lowest BCUT2D eigenvalue weighted by Gasteiger charge is -2.11. The Hall–Kier alpha value is -2.54. The predicted octanol–water partition coefficient (Wildman–Crippen LogP) is 4.73. The Morgan fingerprint density at radius 3 is 2.83 bits per heavy atom. The van der Waals surface area contributed by atoms with Gasteiger partial charge in [0.05, 0.1) is 0 Å².